The zero-order chi connectivity index (χ0) is 24.7. The first-order valence-corrected chi connectivity index (χ1v) is 13.1. The molecular weight excluding hydrogens is 448 g/mol. The van der Waals surface area contributed by atoms with Gasteiger partial charge in [0.25, 0.3) is 0 Å². The number of rotatable bonds is 5. The molecule has 3 aromatic rings. The summed E-state index contributed by atoms with van der Waals surface area (Å²) >= 11 is 0. The maximum atomic E-state index is 12.9. The largest absolute Gasteiger partial charge is 0.497 e. The van der Waals surface area contributed by atoms with Gasteiger partial charge in [0.05, 0.1) is 13.5 Å². The lowest BCUT2D eigenvalue weighted by atomic mass is 9.71. The van der Waals surface area contributed by atoms with Gasteiger partial charge in [-0.25, -0.2) is 9.97 Å². The van der Waals surface area contributed by atoms with Crippen molar-refractivity contribution in [2.45, 2.75) is 45.1 Å². The summed E-state index contributed by atoms with van der Waals surface area (Å²) in [7, 11) is 1.66. The molecule has 6 nitrogen and oxygen atoms in total. The molecule has 36 heavy (non-hydrogen) atoms. The smallest absolute Gasteiger partial charge is 0.226 e. The van der Waals surface area contributed by atoms with Gasteiger partial charge in [0.1, 0.15) is 5.75 Å². The van der Waals surface area contributed by atoms with Gasteiger partial charge >= 0.3 is 0 Å². The number of likely N-dealkylation sites (tertiary alicyclic amines) is 2. The molecule has 1 spiro atoms. The summed E-state index contributed by atoms with van der Waals surface area (Å²) in [5.41, 5.74) is 6.55. The standard InChI is InChI=1S/C30H34N4O2/c1-21-17-31-29(32-18-21)24-5-9-26-23(16-24)6-10-27(26)34-19-30(20-34)11-13-33(14-12-30)28(35)15-22-3-7-25(36-2)8-4-22/h3-5,7-9,16-18,27H,6,10-15,19-20H2,1-2H3. The van der Waals surface area contributed by atoms with Crippen LogP contribution in [0.15, 0.2) is 54.9 Å². The molecule has 1 aromatic heterocycles. The van der Waals surface area contributed by atoms with Gasteiger partial charge in [-0.3, -0.25) is 9.69 Å². The van der Waals surface area contributed by atoms with E-state index >= 15 is 0 Å². The van der Waals surface area contributed by atoms with Gasteiger partial charge in [0.2, 0.25) is 5.91 Å². The van der Waals surface area contributed by atoms with E-state index in [1.165, 1.54) is 17.5 Å². The van der Waals surface area contributed by atoms with E-state index < -0.39 is 0 Å². The lowest BCUT2D eigenvalue weighted by Gasteiger charge is -2.56. The van der Waals surface area contributed by atoms with Crippen LogP contribution in [0, 0.1) is 12.3 Å². The van der Waals surface area contributed by atoms with Crippen LogP contribution in [0.25, 0.3) is 11.4 Å². The number of benzene rings is 2. The Morgan fingerprint density at radius 3 is 2.47 bits per heavy atom. The molecule has 186 valence electrons. The van der Waals surface area contributed by atoms with Crippen LogP contribution < -0.4 is 4.74 Å². The number of hydrogen-bond donors (Lipinski definition) is 0. The summed E-state index contributed by atoms with van der Waals surface area (Å²) in [5, 5.41) is 0. The van der Waals surface area contributed by atoms with Crippen LogP contribution >= 0.6 is 0 Å². The summed E-state index contributed by atoms with van der Waals surface area (Å²) in [5.74, 6) is 1.87. The third-order valence-electron chi connectivity index (χ3n) is 8.44. The van der Waals surface area contributed by atoms with E-state index in [1.54, 1.807) is 7.11 Å². The molecule has 3 heterocycles. The SMILES string of the molecule is COc1ccc(CC(=O)N2CCC3(CC2)CN(C2CCc4cc(-c5ncc(C)cn5)ccc42)C3)cc1. The second-order valence-corrected chi connectivity index (χ2v) is 10.9. The minimum absolute atomic E-state index is 0.240. The van der Waals surface area contributed by atoms with Gasteiger partial charge in [-0.2, -0.15) is 0 Å². The highest BCUT2D eigenvalue weighted by molar-refractivity contribution is 5.79. The lowest BCUT2D eigenvalue weighted by Crippen LogP contribution is -2.61. The zero-order valence-electron chi connectivity index (χ0n) is 21.2. The second-order valence-electron chi connectivity index (χ2n) is 10.9. The Bertz CT molecular complexity index is 1240. The summed E-state index contributed by atoms with van der Waals surface area (Å²) in [4.78, 5) is 26.6. The zero-order valence-corrected chi connectivity index (χ0v) is 21.2. The minimum Gasteiger partial charge on any atom is -0.497 e. The third kappa shape index (κ3) is 4.39. The topological polar surface area (TPSA) is 58.6 Å². The van der Waals surface area contributed by atoms with Crippen molar-refractivity contribution in [2.75, 3.05) is 33.3 Å². The average Bonchev–Trinajstić information content (AvgIpc) is 3.31. The lowest BCUT2D eigenvalue weighted by molar-refractivity contribution is -0.136. The third-order valence-corrected chi connectivity index (χ3v) is 8.44. The van der Waals surface area contributed by atoms with E-state index in [4.69, 9.17) is 4.74 Å². The van der Waals surface area contributed by atoms with E-state index in [0.717, 1.165) is 73.7 Å². The van der Waals surface area contributed by atoms with Crippen molar-refractivity contribution in [3.8, 4) is 17.1 Å². The van der Waals surface area contributed by atoms with E-state index in [0.29, 0.717) is 17.9 Å². The molecule has 1 amide bonds. The number of methoxy groups -OCH3 is 1. The number of aryl methyl sites for hydroxylation is 2. The maximum absolute atomic E-state index is 12.9. The second kappa shape index (κ2) is 9.32. The predicted octanol–water partition coefficient (Wildman–Crippen LogP) is 4.62. The van der Waals surface area contributed by atoms with Crippen molar-refractivity contribution in [1.29, 1.82) is 0 Å². The highest BCUT2D eigenvalue weighted by atomic mass is 16.5. The molecule has 1 aliphatic carbocycles. The molecule has 2 saturated heterocycles. The maximum Gasteiger partial charge on any atom is 0.226 e. The number of nitrogens with zero attached hydrogens (tertiary/aromatic N) is 4. The Labute approximate surface area is 213 Å². The first kappa shape index (κ1) is 23.2. The Morgan fingerprint density at radius 2 is 1.78 bits per heavy atom. The van der Waals surface area contributed by atoms with Gasteiger partial charge in [0.15, 0.2) is 5.82 Å². The van der Waals surface area contributed by atoms with Gasteiger partial charge in [-0.15, -0.1) is 0 Å². The molecule has 6 rings (SSSR count). The van der Waals surface area contributed by atoms with Crippen molar-refractivity contribution in [3.05, 3.63) is 77.1 Å². The van der Waals surface area contributed by atoms with Crippen LogP contribution in [0.2, 0.25) is 0 Å². The monoisotopic (exact) mass is 482 g/mol. The van der Waals surface area contributed by atoms with Crippen molar-refractivity contribution < 1.29 is 9.53 Å². The molecule has 2 fully saturated rings. The Balaban J connectivity index is 1.03. The number of ether oxygens (including phenoxy) is 1. The quantitative estimate of drug-likeness (QED) is 0.531. The Hall–Kier alpha value is -3.25. The van der Waals surface area contributed by atoms with Crippen LogP contribution in [0.1, 0.15) is 47.6 Å². The van der Waals surface area contributed by atoms with Crippen LogP contribution in [0.3, 0.4) is 0 Å². The van der Waals surface area contributed by atoms with Crippen LogP contribution in [0.5, 0.6) is 5.75 Å². The Morgan fingerprint density at radius 1 is 1.06 bits per heavy atom. The minimum atomic E-state index is 0.240. The van der Waals surface area contributed by atoms with E-state index in [-0.39, 0.29) is 5.91 Å². The van der Waals surface area contributed by atoms with Gasteiger partial charge < -0.3 is 9.64 Å². The molecule has 0 radical (unpaired) electrons. The molecular formula is C30H34N4O2. The van der Waals surface area contributed by atoms with Gasteiger partial charge in [0, 0.05) is 50.2 Å². The highest BCUT2D eigenvalue weighted by Crippen LogP contribution is 2.48. The number of hydrogen-bond acceptors (Lipinski definition) is 5. The predicted molar refractivity (Wildman–Crippen MR) is 140 cm³/mol. The summed E-state index contributed by atoms with van der Waals surface area (Å²) in [6.07, 6.45) is 8.78. The number of fused-ring (bicyclic) bond motifs is 1. The molecule has 0 N–H and O–H groups in total. The van der Waals surface area contributed by atoms with Crippen molar-refractivity contribution in [2.24, 2.45) is 5.41 Å². The molecule has 1 unspecified atom stereocenters. The summed E-state index contributed by atoms with van der Waals surface area (Å²) in [6.45, 7) is 6.08. The highest BCUT2D eigenvalue weighted by Gasteiger charge is 2.48. The molecule has 2 aliphatic heterocycles. The van der Waals surface area contributed by atoms with Crippen molar-refractivity contribution >= 4 is 5.91 Å². The number of amides is 1. The molecule has 3 aliphatic rings. The average molecular weight is 483 g/mol. The fraction of sp³-hybridized carbons (Fsp3) is 0.433. The van der Waals surface area contributed by atoms with E-state index in [9.17, 15) is 4.79 Å². The molecule has 6 heteroatoms. The van der Waals surface area contributed by atoms with Crippen LogP contribution in [-0.2, 0) is 17.6 Å². The first-order chi connectivity index (χ1) is 17.5. The van der Waals surface area contributed by atoms with E-state index in [2.05, 4.69) is 38.0 Å². The normalized spacial score (nSPS) is 20.7. The first-order valence-electron chi connectivity index (χ1n) is 13.1. The molecule has 0 bridgehead atoms. The number of piperidine rings is 1. The summed E-state index contributed by atoms with van der Waals surface area (Å²) in [6, 6.07) is 15.1. The van der Waals surface area contributed by atoms with Crippen LogP contribution in [0.4, 0.5) is 0 Å². The van der Waals surface area contributed by atoms with Crippen molar-refractivity contribution in [1.82, 2.24) is 19.8 Å². The van der Waals surface area contributed by atoms with Crippen LogP contribution in [-0.4, -0.2) is 59.0 Å². The summed E-state index contributed by atoms with van der Waals surface area (Å²) < 4.78 is 5.22. The number of carbonyl (C=O) groups excluding carboxylic acids is 1. The van der Waals surface area contributed by atoms with Gasteiger partial charge in [-0.1, -0.05) is 24.3 Å². The molecule has 1 atom stereocenters. The fourth-order valence-electron chi connectivity index (χ4n) is 6.27. The number of carbonyl (C=O) groups is 1. The van der Waals surface area contributed by atoms with Gasteiger partial charge in [-0.05, 0) is 78.5 Å². The van der Waals surface area contributed by atoms with Crippen molar-refractivity contribution in [3.63, 3.8) is 0 Å². The number of aromatic nitrogens is 2. The van der Waals surface area contributed by atoms with E-state index in [1.807, 2.05) is 43.6 Å². The molecule has 2 aromatic carbocycles. The Kier molecular flexibility index (Phi) is 6.00. The fourth-order valence-corrected chi connectivity index (χ4v) is 6.27. The molecule has 0 saturated carbocycles.